The van der Waals surface area contributed by atoms with Crippen LogP contribution in [0.2, 0.25) is 0 Å². The molecule has 1 unspecified atom stereocenters. The molecule has 1 N–H and O–H groups in total. The van der Waals surface area contributed by atoms with Crippen LogP contribution in [-0.4, -0.2) is 46.4 Å². The molecule has 6 heteroatoms. The second-order valence-corrected chi connectivity index (χ2v) is 5.86. The molecule has 0 radical (unpaired) electrons. The number of aliphatic hydroxyl groups is 1. The van der Waals surface area contributed by atoms with Gasteiger partial charge >= 0.3 is 5.97 Å². The first kappa shape index (κ1) is 12.2. The summed E-state index contributed by atoms with van der Waals surface area (Å²) < 4.78 is 16.2. The molecule has 0 saturated carbocycles. The maximum Gasteiger partial charge on any atom is 0.303 e. The lowest BCUT2D eigenvalue weighted by Crippen LogP contribution is -2.57. The van der Waals surface area contributed by atoms with Gasteiger partial charge in [0.2, 0.25) is 0 Å². The minimum atomic E-state index is -1.10. The molecule has 16 heavy (non-hydrogen) atoms. The Morgan fingerprint density at radius 2 is 2.25 bits per heavy atom. The van der Waals surface area contributed by atoms with Crippen molar-refractivity contribution in [3.8, 4) is 0 Å². The predicted octanol–water partition coefficient (Wildman–Crippen LogP) is 0.505. The Morgan fingerprint density at radius 1 is 1.56 bits per heavy atom. The average molecular weight is 248 g/mol. The summed E-state index contributed by atoms with van der Waals surface area (Å²) in [6.07, 6.45) is -0.930. The van der Waals surface area contributed by atoms with E-state index in [1.54, 1.807) is 13.8 Å². The Hall–Kier alpha value is -0.300. The van der Waals surface area contributed by atoms with E-state index in [9.17, 15) is 9.90 Å². The first-order chi connectivity index (χ1) is 7.32. The van der Waals surface area contributed by atoms with Crippen LogP contribution in [0.3, 0.4) is 0 Å². The number of hydrogen-bond acceptors (Lipinski definition) is 6. The Labute approximate surface area is 98.4 Å². The molecule has 5 nitrogen and oxygen atoms in total. The van der Waals surface area contributed by atoms with Crippen molar-refractivity contribution in [2.24, 2.45) is 0 Å². The molecule has 92 valence electrons. The Morgan fingerprint density at radius 3 is 2.88 bits per heavy atom. The standard InChI is InChI=1S/C10H16O5S/c1-6(11)14-7-4-16-10(12)5-13-9(2,3)15-8(7)10/h7-8,12H,4-5H2,1-3H3/t7-,8-,10?/m0/s1. The van der Waals surface area contributed by atoms with Crippen molar-refractivity contribution in [2.45, 2.75) is 43.7 Å². The van der Waals surface area contributed by atoms with Gasteiger partial charge in [0.1, 0.15) is 12.2 Å². The summed E-state index contributed by atoms with van der Waals surface area (Å²) in [4.78, 5) is 9.84. The third-order valence-electron chi connectivity index (χ3n) is 2.63. The first-order valence-corrected chi connectivity index (χ1v) is 6.16. The smallest absolute Gasteiger partial charge is 0.303 e. The van der Waals surface area contributed by atoms with E-state index >= 15 is 0 Å². The van der Waals surface area contributed by atoms with Gasteiger partial charge in [-0.2, -0.15) is 0 Å². The molecule has 2 saturated heterocycles. The fourth-order valence-electron chi connectivity index (χ4n) is 1.90. The number of rotatable bonds is 1. The molecule has 2 heterocycles. The predicted molar refractivity (Wildman–Crippen MR) is 57.9 cm³/mol. The van der Waals surface area contributed by atoms with Crippen LogP contribution in [0.5, 0.6) is 0 Å². The molecule has 3 atom stereocenters. The highest BCUT2D eigenvalue weighted by molar-refractivity contribution is 8.00. The molecule has 2 aliphatic rings. The molecule has 2 aliphatic heterocycles. The van der Waals surface area contributed by atoms with E-state index < -0.39 is 22.9 Å². The van der Waals surface area contributed by atoms with Crippen LogP contribution >= 0.6 is 11.8 Å². The zero-order valence-electron chi connectivity index (χ0n) is 9.56. The average Bonchev–Trinajstić information content (AvgIpc) is 2.44. The lowest BCUT2D eigenvalue weighted by molar-refractivity contribution is -0.322. The van der Waals surface area contributed by atoms with Crippen LogP contribution < -0.4 is 0 Å². The van der Waals surface area contributed by atoms with Gasteiger partial charge in [-0.1, -0.05) is 0 Å². The molecule has 0 aromatic carbocycles. The van der Waals surface area contributed by atoms with Gasteiger partial charge in [-0.05, 0) is 13.8 Å². The van der Waals surface area contributed by atoms with E-state index in [0.29, 0.717) is 5.75 Å². The first-order valence-electron chi connectivity index (χ1n) is 5.18. The topological polar surface area (TPSA) is 65.0 Å². The summed E-state index contributed by atoms with van der Waals surface area (Å²) in [6, 6.07) is 0. The lowest BCUT2D eigenvalue weighted by atomic mass is 10.1. The summed E-state index contributed by atoms with van der Waals surface area (Å²) in [5.41, 5.74) is 0. The number of fused-ring (bicyclic) bond motifs is 1. The fraction of sp³-hybridized carbons (Fsp3) is 0.900. The number of ether oxygens (including phenoxy) is 3. The van der Waals surface area contributed by atoms with Gasteiger partial charge < -0.3 is 19.3 Å². The summed E-state index contributed by atoms with van der Waals surface area (Å²) in [7, 11) is 0. The number of hydrogen-bond donors (Lipinski definition) is 1. The van der Waals surface area contributed by atoms with Gasteiger partial charge in [0.25, 0.3) is 0 Å². The monoisotopic (exact) mass is 248 g/mol. The number of carbonyl (C=O) groups is 1. The number of carbonyl (C=O) groups excluding carboxylic acids is 1. The van der Waals surface area contributed by atoms with Crippen molar-refractivity contribution in [3.05, 3.63) is 0 Å². The second kappa shape index (κ2) is 3.87. The minimum Gasteiger partial charge on any atom is -0.459 e. The highest BCUT2D eigenvalue weighted by Crippen LogP contribution is 2.45. The number of esters is 1. The zero-order chi connectivity index (χ0) is 12.0. The molecule has 2 rings (SSSR count). The van der Waals surface area contributed by atoms with Gasteiger partial charge in [0.15, 0.2) is 10.7 Å². The van der Waals surface area contributed by atoms with Crippen molar-refractivity contribution in [2.75, 3.05) is 12.4 Å². The Kier molecular flexibility index (Phi) is 2.94. The minimum absolute atomic E-state index is 0.188. The molecular formula is C10H16O5S. The Bertz CT molecular complexity index is 306. The van der Waals surface area contributed by atoms with Crippen LogP contribution in [0.25, 0.3) is 0 Å². The van der Waals surface area contributed by atoms with Crippen LogP contribution in [0.15, 0.2) is 0 Å². The van der Waals surface area contributed by atoms with Crippen molar-refractivity contribution in [1.82, 2.24) is 0 Å². The van der Waals surface area contributed by atoms with Gasteiger partial charge in [-0.15, -0.1) is 11.8 Å². The third-order valence-corrected chi connectivity index (χ3v) is 3.98. The van der Waals surface area contributed by atoms with Gasteiger partial charge in [0.05, 0.1) is 6.61 Å². The quantitative estimate of drug-likeness (QED) is 0.682. The van der Waals surface area contributed by atoms with E-state index in [4.69, 9.17) is 14.2 Å². The van der Waals surface area contributed by atoms with Crippen LogP contribution in [0.4, 0.5) is 0 Å². The van der Waals surface area contributed by atoms with Crippen molar-refractivity contribution in [1.29, 1.82) is 0 Å². The summed E-state index contributed by atoms with van der Waals surface area (Å²) >= 11 is 1.31. The molecule has 2 fully saturated rings. The number of thioether (sulfide) groups is 1. The van der Waals surface area contributed by atoms with Crippen LogP contribution in [-0.2, 0) is 19.0 Å². The SMILES string of the molecule is CC(=O)O[C@H]1CSC2(O)COC(C)(C)O[C@@H]12. The Balaban J connectivity index is 2.13. The van der Waals surface area contributed by atoms with Gasteiger partial charge in [-0.3, -0.25) is 4.79 Å². The summed E-state index contributed by atoms with van der Waals surface area (Å²) in [5, 5.41) is 10.2. The second-order valence-electron chi connectivity index (χ2n) is 4.53. The van der Waals surface area contributed by atoms with Crippen molar-refractivity contribution in [3.63, 3.8) is 0 Å². The molecule has 0 aliphatic carbocycles. The highest BCUT2D eigenvalue weighted by atomic mass is 32.2. The molecule has 0 aromatic rings. The van der Waals surface area contributed by atoms with Crippen LogP contribution in [0, 0.1) is 0 Å². The summed E-state index contributed by atoms with van der Waals surface area (Å²) in [6.45, 7) is 5.10. The van der Waals surface area contributed by atoms with Gasteiger partial charge in [-0.25, -0.2) is 0 Å². The zero-order valence-corrected chi connectivity index (χ0v) is 10.4. The van der Waals surface area contributed by atoms with E-state index in [0.717, 1.165) is 0 Å². The third kappa shape index (κ3) is 2.20. The van der Waals surface area contributed by atoms with E-state index in [1.165, 1.54) is 18.7 Å². The normalized spacial score (nSPS) is 41.5. The molecular weight excluding hydrogens is 232 g/mol. The van der Waals surface area contributed by atoms with E-state index in [-0.39, 0.29) is 12.6 Å². The van der Waals surface area contributed by atoms with E-state index in [1.807, 2.05) is 0 Å². The fourth-order valence-corrected chi connectivity index (χ4v) is 3.11. The molecule has 0 spiro atoms. The van der Waals surface area contributed by atoms with E-state index in [2.05, 4.69) is 0 Å². The molecule has 0 amide bonds. The molecule has 0 bridgehead atoms. The highest BCUT2D eigenvalue weighted by Gasteiger charge is 2.56. The van der Waals surface area contributed by atoms with Crippen molar-refractivity contribution < 1.29 is 24.1 Å². The summed E-state index contributed by atoms with van der Waals surface area (Å²) in [5.74, 6) is -0.580. The largest absolute Gasteiger partial charge is 0.459 e. The molecule has 0 aromatic heterocycles. The maximum absolute atomic E-state index is 10.9. The maximum atomic E-state index is 10.9. The van der Waals surface area contributed by atoms with Crippen LogP contribution in [0.1, 0.15) is 20.8 Å². The van der Waals surface area contributed by atoms with Crippen molar-refractivity contribution >= 4 is 17.7 Å². The van der Waals surface area contributed by atoms with Gasteiger partial charge in [0, 0.05) is 12.7 Å². The lowest BCUT2D eigenvalue weighted by Gasteiger charge is -2.43.